The number of fused-ring (bicyclic) bond motifs is 2. The lowest BCUT2D eigenvalue weighted by Gasteiger charge is -2.17. The quantitative estimate of drug-likeness (QED) is 0.266. The molecule has 0 spiro atoms. The number of nitrogens with zero attached hydrogens (tertiary/aromatic N) is 2. The number of hydrogen-bond acceptors (Lipinski definition) is 7. The lowest BCUT2D eigenvalue weighted by molar-refractivity contribution is -0.385. The summed E-state index contributed by atoms with van der Waals surface area (Å²) < 4.78 is 5.10. The summed E-state index contributed by atoms with van der Waals surface area (Å²) >= 11 is 0. The number of anilines is 1. The molecule has 1 aliphatic heterocycles. The average Bonchev–Trinajstić information content (AvgIpc) is 3.04. The van der Waals surface area contributed by atoms with E-state index in [9.17, 15) is 29.3 Å². The molecule has 1 atom stereocenters. The van der Waals surface area contributed by atoms with Gasteiger partial charge in [0.2, 0.25) is 0 Å². The monoisotopic (exact) mass is 447 g/mol. The van der Waals surface area contributed by atoms with E-state index in [1.54, 1.807) is 12.1 Å². The van der Waals surface area contributed by atoms with Gasteiger partial charge < -0.3 is 10.1 Å². The third-order valence-corrected chi connectivity index (χ3v) is 5.19. The first-order valence-corrected chi connectivity index (χ1v) is 9.89. The average molecular weight is 447 g/mol. The van der Waals surface area contributed by atoms with Crippen LogP contribution in [-0.2, 0) is 14.3 Å². The maximum absolute atomic E-state index is 12.6. The second-order valence-corrected chi connectivity index (χ2v) is 7.30. The van der Waals surface area contributed by atoms with Crippen LogP contribution >= 0.6 is 0 Å². The van der Waals surface area contributed by atoms with E-state index < -0.39 is 47.0 Å². The molecular formula is C23H17N3O7. The Morgan fingerprint density at radius 3 is 2.48 bits per heavy atom. The van der Waals surface area contributed by atoms with Crippen molar-refractivity contribution in [2.75, 3.05) is 11.9 Å². The van der Waals surface area contributed by atoms with Crippen molar-refractivity contribution in [3.05, 3.63) is 81.9 Å². The molecule has 0 radical (unpaired) electrons. The highest BCUT2D eigenvalue weighted by Crippen LogP contribution is 2.30. The number of nitro benzene ring substituents is 1. The van der Waals surface area contributed by atoms with Gasteiger partial charge in [0, 0.05) is 17.1 Å². The Bertz CT molecular complexity index is 1330. The van der Waals surface area contributed by atoms with Gasteiger partial charge in [0.05, 0.1) is 10.5 Å². The molecule has 0 saturated heterocycles. The van der Waals surface area contributed by atoms with E-state index in [-0.39, 0.29) is 11.1 Å². The van der Waals surface area contributed by atoms with Crippen LogP contribution in [0.1, 0.15) is 27.6 Å². The molecule has 1 aliphatic rings. The Morgan fingerprint density at radius 2 is 1.73 bits per heavy atom. The van der Waals surface area contributed by atoms with E-state index in [1.807, 2.05) is 30.3 Å². The van der Waals surface area contributed by atoms with Crippen LogP contribution in [0, 0.1) is 10.1 Å². The number of carbonyl (C=O) groups is 4. The van der Waals surface area contributed by atoms with Crippen LogP contribution in [0.3, 0.4) is 0 Å². The van der Waals surface area contributed by atoms with E-state index in [2.05, 4.69) is 5.32 Å². The van der Waals surface area contributed by atoms with Gasteiger partial charge in [0.1, 0.15) is 12.1 Å². The summed E-state index contributed by atoms with van der Waals surface area (Å²) in [6.07, 6.45) is -1.22. The molecule has 3 aromatic rings. The van der Waals surface area contributed by atoms with Gasteiger partial charge in [-0.15, -0.1) is 0 Å². The molecule has 1 N–H and O–H groups in total. The molecular weight excluding hydrogens is 430 g/mol. The van der Waals surface area contributed by atoms with Gasteiger partial charge in [-0.25, -0.2) is 0 Å². The van der Waals surface area contributed by atoms with Crippen LogP contribution in [0.15, 0.2) is 60.7 Å². The number of ether oxygens (including phenoxy) is 1. The van der Waals surface area contributed by atoms with Crippen molar-refractivity contribution in [1.82, 2.24) is 4.90 Å². The van der Waals surface area contributed by atoms with Gasteiger partial charge in [0.15, 0.2) is 6.10 Å². The number of rotatable bonds is 6. The van der Waals surface area contributed by atoms with Crippen LogP contribution in [0.25, 0.3) is 10.8 Å². The zero-order chi connectivity index (χ0) is 23.7. The van der Waals surface area contributed by atoms with Crippen molar-refractivity contribution in [3.63, 3.8) is 0 Å². The first-order chi connectivity index (χ1) is 15.8. The van der Waals surface area contributed by atoms with E-state index >= 15 is 0 Å². The summed E-state index contributed by atoms with van der Waals surface area (Å²) in [5, 5.41) is 15.6. The third kappa shape index (κ3) is 4.01. The number of nitro groups is 1. The molecule has 1 unspecified atom stereocenters. The molecule has 0 fully saturated rings. The second kappa shape index (κ2) is 8.50. The van der Waals surface area contributed by atoms with Crippen molar-refractivity contribution < 1.29 is 28.8 Å². The fraction of sp³-hybridized carbons (Fsp3) is 0.130. The maximum Gasteiger partial charge on any atom is 0.326 e. The van der Waals surface area contributed by atoms with Gasteiger partial charge in [-0.05, 0) is 24.4 Å². The molecule has 166 valence electrons. The van der Waals surface area contributed by atoms with Crippen molar-refractivity contribution in [3.8, 4) is 0 Å². The molecule has 10 heteroatoms. The normalized spacial score (nSPS) is 13.5. The van der Waals surface area contributed by atoms with Gasteiger partial charge in [-0.2, -0.15) is 0 Å². The minimum absolute atomic E-state index is 0.163. The standard InChI is InChI=1S/C23H17N3O7/c1-13(21(28)24-17-10-4-7-14-6-2-3-8-15(14)17)33-19(27)12-25-22(29)16-9-5-11-18(26(31)32)20(16)23(25)30/h2-11,13H,12H2,1H3,(H,24,28). The second-order valence-electron chi connectivity index (χ2n) is 7.30. The topological polar surface area (TPSA) is 136 Å². The van der Waals surface area contributed by atoms with E-state index in [4.69, 9.17) is 4.74 Å². The molecule has 4 rings (SSSR count). The third-order valence-electron chi connectivity index (χ3n) is 5.19. The van der Waals surface area contributed by atoms with Gasteiger partial charge >= 0.3 is 5.97 Å². The molecule has 3 amide bonds. The molecule has 0 bridgehead atoms. The van der Waals surface area contributed by atoms with Crippen LogP contribution in [0.2, 0.25) is 0 Å². The minimum atomic E-state index is -1.22. The first kappa shape index (κ1) is 21.6. The summed E-state index contributed by atoms with van der Waals surface area (Å²) in [4.78, 5) is 60.9. The smallest absolute Gasteiger partial charge is 0.326 e. The molecule has 10 nitrogen and oxygen atoms in total. The molecule has 0 saturated carbocycles. The number of carbonyl (C=O) groups excluding carboxylic acids is 4. The molecule has 0 aliphatic carbocycles. The van der Waals surface area contributed by atoms with Gasteiger partial charge in [0.25, 0.3) is 23.4 Å². The Balaban J connectivity index is 1.43. The van der Waals surface area contributed by atoms with E-state index in [1.165, 1.54) is 19.1 Å². The highest BCUT2D eigenvalue weighted by atomic mass is 16.6. The summed E-state index contributed by atoms with van der Waals surface area (Å²) in [5.74, 6) is -3.42. The highest BCUT2D eigenvalue weighted by Gasteiger charge is 2.42. The van der Waals surface area contributed by atoms with Crippen molar-refractivity contribution >= 4 is 45.8 Å². The van der Waals surface area contributed by atoms with E-state index in [0.717, 1.165) is 16.8 Å². The Labute approximate surface area is 186 Å². The minimum Gasteiger partial charge on any atom is -0.451 e. The number of esters is 1. The predicted octanol–water partition coefficient (Wildman–Crippen LogP) is 2.91. The van der Waals surface area contributed by atoms with Crippen LogP contribution in [0.4, 0.5) is 11.4 Å². The summed E-state index contributed by atoms with van der Waals surface area (Å²) in [6, 6.07) is 16.4. The molecule has 1 heterocycles. The number of amides is 3. The molecule has 3 aromatic carbocycles. The van der Waals surface area contributed by atoms with Gasteiger partial charge in [-0.3, -0.25) is 34.2 Å². The van der Waals surface area contributed by atoms with Crippen molar-refractivity contribution in [1.29, 1.82) is 0 Å². The Kier molecular flexibility index (Phi) is 5.57. The van der Waals surface area contributed by atoms with E-state index in [0.29, 0.717) is 10.6 Å². The number of hydrogen-bond donors (Lipinski definition) is 1. The highest BCUT2D eigenvalue weighted by molar-refractivity contribution is 6.24. The largest absolute Gasteiger partial charge is 0.451 e. The van der Waals surface area contributed by atoms with Crippen molar-refractivity contribution in [2.45, 2.75) is 13.0 Å². The number of nitrogens with one attached hydrogen (secondary N) is 1. The number of benzene rings is 3. The SMILES string of the molecule is CC(OC(=O)CN1C(=O)c2cccc([N+](=O)[O-])c2C1=O)C(=O)Nc1cccc2ccccc12. The Morgan fingerprint density at radius 1 is 1.03 bits per heavy atom. The molecule has 0 aromatic heterocycles. The maximum atomic E-state index is 12.6. The lowest BCUT2D eigenvalue weighted by Crippen LogP contribution is -2.38. The summed E-state index contributed by atoms with van der Waals surface area (Å²) in [6.45, 7) is 0.570. The predicted molar refractivity (Wildman–Crippen MR) is 117 cm³/mol. The van der Waals surface area contributed by atoms with Gasteiger partial charge in [-0.1, -0.05) is 42.5 Å². The summed E-state index contributed by atoms with van der Waals surface area (Å²) in [5.41, 5.74) is -0.524. The van der Waals surface area contributed by atoms with Crippen LogP contribution < -0.4 is 5.32 Å². The molecule has 33 heavy (non-hydrogen) atoms. The van der Waals surface area contributed by atoms with Crippen LogP contribution in [0.5, 0.6) is 0 Å². The zero-order valence-electron chi connectivity index (χ0n) is 17.3. The first-order valence-electron chi connectivity index (χ1n) is 9.89. The lowest BCUT2D eigenvalue weighted by atomic mass is 10.1. The fourth-order valence-electron chi connectivity index (χ4n) is 3.60. The fourth-order valence-corrected chi connectivity index (χ4v) is 3.60. The number of imide groups is 1. The van der Waals surface area contributed by atoms with Crippen molar-refractivity contribution in [2.24, 2.45) is 0 Å². The summed E-state index contributed by atoms with van der Waals surface area (Å²) in [7, 11) is 0. The zero-order valence-corrected chi connectivity index (χ0v) is 17.3. The Hall–Kier alpha value is -4.60. The van der Waals surface area contributed by atoms with Crippen LogP contribution in [-0.4, -0.2) is 46.2 Å².